The van der Waals surface area contributed by atoms with E-state index in [1.165, 1.54) is 5.56 Å². The molecule has 0 radical (unpaired) electrons. The average molecular weight is 247 g/mol. The van der Waals surface area contributed by atoms with Gasteiger partial charge in [0.15, 0.2) is 0 Å². The molecule has 100 valence electrons. The van der Waals surface area contributed by atoms with Crippen molar-refractivity contribution in [2.24, 2.45) is 5.92 Å². The van der Waals surface area contributed by atoms with Gasteiger partial charge in [-0.15, -0.1) is 0 Å². The van der Waals surface area contributed by atoms with E-state index in [9.17, 15) is 4.79 Å². The Bertz CT molecular complexity index is 365. The summed E-state index contributed by atoms with van der Waals surface area (Å²) in [5.41, 5.74) is 2.02. The van der Waals surface area contributed by atoms with Crippen LogP contribution >= 0.6 is 0 Å². The van der Waals surface area contributed by atoms with Crippen LogP contribution in [0.4, 0.5) is 0 Å². The van der Waals surface area contributed by atoms with Crippen molar-refractivity contribution in [2.75, 3.05) is 6.54 Å². The highest BCUT2D eigenvalue weighted by atomic mass is 16.1. The van der Waals surface area contributed by atoms with E-state index in [0.717, 1.165) is 24.9 Å². The first-order chi connectivity index (χ1) is 8.50. The lowest BCUT2D eigenvalue weighted by Crippen LogP contribution is -2.24. The van der Waals surface area contributed by atoms with E-state index in [4.69, 9.17) is 0 Å². The average Bonchev–Trinajstić information content (AvgIpc) is 2.34. The van der Waals surface area contributed by atoms with Crippen molar-refractivity contribution in [3.05, 3.63) is 35.4 Å². The Kier molecular flexibility index (Phi) is 5.90. The van der Waals surface area contributed by atoms with Crippen LogP contribution in [0.25, 0.3) is 0 Å². The van der Waals surface area contributed by atoms with E-state index < -0.39 is 0 Å². The monoisotopic (exact) mass is 247 g/mol. The van der Waals surface area contributed by atoms with Gasteiger partial charge in [-0.2, -0.15) is 0 Å². The SMILES string of the molecule is CC(C)CCCNC(=O)c1ccc(C(C)C)cc1. The first-order valence-corrected chi connectivity index (χ1v) is 6.89. The molecule has 0 atom stereocenters. The molecule has 0 aliphatic heterocycles. The zero-order valence-corrected chi connectivity index (χ0v) is 12.0. The van der Waals surface area contributed by atoms with E-state index in [1.54, 1.807) is 0 Å². The zero-order chi connectivity index (χ0) is 13.5. The molecule has 0 spiro atoms. The van der Waals surface area contributed by atoms with E-state index in [1.807, 2.05) is 24.3 Å². The van der Waals surface area contributed by atoms with Crippen molar-refractivity contribution in [1.29, 1.82) is 0 Å². The minimum atomic E-state index is 0.0362. The molecule has 1 aromatic carbocycles. The van der Waals surface area contributed by atoms with Crippen LogP contribution < -0.4 is 5.32 Å². The predicted molar refractivity (Wildman–Crippen MR) is 76.9 cm³/mol. The quantitative estimate of drug-likeness (QED) is 0.757. The number of carbonyl (C=O) groups excluding carboxylic acids is 1. The highest BCUT2D eigenvalue weighted by molar-refractivity contribution is 5.94. The summed E-state index contributed by atoms with van der Waals surface area (Å²) < 4.78 is 0. The smallest absolute Gasteiger partial charge is 0.251 e. The summed E-state index contributed by atoms with van der Waals surface area (Å²) in [4.78, 5) is 11.9. The Balaban J connectivity index is 2.42. The standard InChI is InChI=1S/C16H25NO/c1-12(2)6-5-11-17-16(18)15-9-7-14(8-10-15)13(3)4/h7-10,12-13H,5-6,11H2,1-4H3,(H,17,18). The van der Waals surface area contributed by atoms with Crippen LogP contribution in [0.15, 0.2) is 24.3 Å². The van der Waals surface area contributed by atoms with Crippen LogP contribution in [-0.2, 0) is 0 Å². The van der Waals surface area contributed by atoms with Gasteiger partial charge in [-0.1, -0.05) is 39.8 Å². The van der Waals surface area contributed by atoms with Crippen molar-refractivity contribution in [2.45, 2.75) is 46.5 Å². The molecular formula is C16H25NO. The minimum Gasteiger partial charge on any atom is -0.352 e. The van der Waals surface area contributed by atoms with Crippen LogP contribution in [0.2, 0.25) is 0 Å². The number of rotatable bonds is 6. The molecule has 0 aliphatic carbocycles. The van der Waals surface area contributed by atoms with Crippen molar-refractivity contribution in [1.82, 2.24) is 5.32 Å². The number of benzene rings is 1. The number of amides is 1. The third kappa shape index (κ3) is 4.91. The Labute approximate surface area is 111 Å². The maximum Gasteiger partial charge on any atom is 0.251 e. The fourth-order valence-corrected chi connectivity index (χ4v) is 1.83. The summed E-state index contributed by atoms with van der Waals surface area (Å²) in [5, 5.41) is 2.96. The van der Waals surface area contributed by atoms with Gasteiger partial charge < -0.3 is 5.32 Å². The fraction of sp³-hybridized carbons (Fsp3) is 0.562. The summed E-state index contributed by atoms with van der Waals surface area (Å²) in [6.07, 6.45) is 2.21. The lowest BCUT2D eigenvalue weighted by Gasteiger charge is -2.08. The van der Waals surface area contributed by atoms with Gasteiger partial charge in [0.25, 0.3) is 5.91 Å². The second kappa shape index (κ2) is 7.20. The Morgan fingerprint density at radius 2 is 1.72 bits per heavy atom. The third-order valence-electron chi connectivity index (χ3n) is 3.08. The summed E-state index contributed by atoms with van der Waals surface area (Å²) in [7, 11) is 0. The molecule has 0 unspecified atom stereocenters. The first kappa shape index (κ1) is 14.7. The van der Waals surface area contributed by atoms with E-state index in [-0.39, 0.29) is 5.91 Å². The van der Waals surface area contributed by atoms with Crippen LogP contribution in [0.5, 0.6) is 0 Å². The van der Waals surface area contributed by atoms with Gasteiger partial charge in [-0.25, -0.2) is 0 Å². The molecule has 0 fully saturated rings. The lowest BCUT2D eigenvalue weighted by atomic mass is 10.0. The van der Waals surface area contributed by atoms with Crippen LogP contribution in [0, 0.1) is 5.92 Å². The first-order valence-electron chi connectivity index (χ1n) is 6.89. The van der Waals surface area contributed by atoms with E-state index in [2.05, 4.69) is 33.0 Å². The highest BCUT2D eigenvalue weighted by Gasteiger charge is 2.05. The Morgan fingerprint density at radius 3 is 2.22 bits per heavy atom. The Morgan fingerprint density at radius 1 is 1.11 bits per heavy atom. The molecule has 1 amide bonds. The van der Waals surface area contributed by atoms with Crippen molar-refractivity contribution >= 4 is 5.91 Å². The maximum absolute atomic E-state index is 11.9. The normalized spacial score (nSPS) is 11.0. The largest absolute Gasteiger partial charge is 0.352 e. The van der Waals surface area contributed by atoms with Crippen LogP contribution in [0.1, 0.15) is 62.4 Å². The Hall–Kier alpha value is -1.31. The van der Waals surface area contributed by atoms with E-state index >= 15 is 0 Å². The zero-order valence-electron chi connectivity index (χ0n) is 12.0. The molecule has 0 aliphatic rings. The number of hydrogen-bond acceptors (Lipinski definition) is 1. The van der Waals surface area contributed by atoms with Gasteiger partial charge in [-0.3, -0.25) is 4.79 Å². The molecule has 2 heteroatoms. The topological polar surface area (TPSA) is 29.1 Å². The van der Waals surface area contributed by atoms with Gasteiger partial charge in [0.05, 0.1) is 0 Å². The molecule has 1 N–H and O–H groups in total. The van der Waals surface area contributed by atoms with Crippen molar-refractivity contribution < 1.29 is 4.79 Å². The lowest BCUT2D eigenvalue weighted by molar-refractivity contribution is 0.0952. The molecule has 0 saturated heterocycles. The highest BCUT2D eigenvalue weighted by Crippen LogP contribution is 2.14. The van der Waals surface area contributed by atoms with Gasteiger partial charge in [0, 0.05) is 12.1 Å². The van der Waals surface area contributed by atoms with Crippen molar-refractivity contribution in [3.63, 3.8) is 0 Å². The molecular weight excluding hydrogens is 222 g/mol. The minimum absolute atomic E-state index is 0.0362. The summed E-state index contributed by atoms with van der Waals surface area (Å²) in [6, 6.07) is 7.89. The molecule has 18 heavy (non-hydrogen) atoms. The summed E-state index contributed by atoms with van der Waals surface area (Å²) in [5.74, 6) is 1.24. The predicted octanol–water partition coefficient (Wildman–Crippen LogP) is 3.98. The maximum atomic E-state index is 11.9. The van der Waals surface area contributed by atoms with Crippen LogP contribution in [-0.4, -0.2) is 12.5 Å². The van der Waals surface area contributed by atoms with Gasteiger partial charge in [-0.05, 0) is 42.4 Å². The molecule has 0 heterocycles. The van der Waals surface area contributed by atoms with E-state index in [0.29, 0.717) is 11.8 Å². The second-order valence-corrected chi connectivity index (χ2v) is 5.57. The van der Waals surface area contributed by atoms with Gasteiger partial charge in [0.2, 0.25) is 0 Å². The van der Waals surface area contributed by atoms with Gasteiger partial charge >= 0.3 is 0 Å². The third-order valence-corrected chi connectivity index (χ3v) is 3.08. The summed E-state index contributed by atoms with van der Waals surface area (Å²) in [6.45, 7) is 9.48. The number of nitrogens with one attached hydrogen (secondary N) is 1. The molecule has 0 bridgehead atoms. The molecule has 0 saturated carbocycles. The molecule has 1 aromatic rings. The molecule has 0 aromatic heterocycles. The summed E-state index contributed by atoms with van der Waals surface area (Å²) >= 11 is 0. The van der Waals surface area contributed by atoms with Crippen LogP contribution in [0.3, 0.4) is 0 Å². The number of hydrogen-bond donors (Lipinski definition) is 1. The second-order valence-electron chi connectivity index (χ2n) is 5.57. The van der Waals surface area contributed by atoms with Gasteiger partial charge in [0.1, 0.15) is 0 Å². The molecule has 2 nitrogen and oxygen atoms in total. The molecule has 1 rings (SSSR count). The van der Waals surface area contributed by atoms with Crippen molar-refractivity contribution in [3.8, 4) is 0 Å². The fourth-order valence-electron chi connectivity index (χ4n) is 1.83. The number of carbonyl (C=O) groups is 1.